The van der Waals surface area contributed by atoms with Gasteiger partial charge in [-0.05, 0) is 19.3 Å². The minimum Gasteiger partial charge on any atom is -0.469 e. The number of imide groups is 1. The lowest BCUT2D eigenvalue weighted by Crippen LogP contribution is -2.34. The number of rotatable bonds is 5. The summed E-state index contributed by atoms with van der Waals surface area (Å²) in [5.41, 5.74) is 0. The molecule has 0 atom stereocenters. The van der Waals surface area contributed by atoms with Crippen LogP contribution in [0.3, 0.4) is 0 Å². The van der Waals surface area contributed by atoms with Crippen LogP contribution in [0.15, 0.2) is 0 Å². The number of urea groups is 1. The van der Waals surface area contributed by atoms with Crippen molar-refractivity contribution in [2.45, 2.75) is 31.7 Å². The Hall–Kier alpha value is -1.59. The molecule has 0 aromatic heterocycles. The molecule has 3 amide bonds. The third-order valence-corrected chi connectivity index (χ3v) is 3.06. The molecule has 0 N–H and O–H groups in total. The number of hydrogen-bond donors (Lipinski definition) is 0. The van der Waals surface area contributed by atoms with Gasteiger partial charge in [-0.3, -0.25) is 14.5 Å². The molecule has 0 spiro atoms. The van der Waals surface area contributed by atoms with Crippen LogP contribution in [0.1, 0.15) is 25.7 Å². The zero-order chi connectivity index (χ0) is 12.4. The Morgan fingerprint density at radius 2 is 2.12 bits per heavy atom. The highest BCUT2D eigenvalue weighted by atomic mass is 16.5. The van der Waals surface area contributed by atoms with Gasteiger partial charge in [0.05, 0.1) is 7.11 Å². The Bertz CT molecular complexity index is 351. The average Bonchev–Trinajstić information content (AvgIpc) is 3.10. The smallest absolute Gasteiger partial charge is 0.327 e. The Morgan fingerprint density at radius 1 is 1.41 bits per heavy atom. The SMILES string of the molecule is COC(=O)CCCN1C(=O)CN(C2CC2)C1=O. The van der Waals surface area contributed by atoms with E-state index in [0.717, 1.165) is 12.8 Å². The van der Waals surface area contributed by atoms with Crippen molar-refractivity contribution in [1.82, 2.24) is 9.80 Å². The second-order valence-electron chi connectivity index (χ2n) is 4.37. The normalized spacial score (nSPS) is 20.1. The van der Waals surface area contributed by atoms with E-state index in [1.165, 1.54) is 12.0 Å². The second-order valence-corrected chi connectivity index (χ2v) is 4.37. The highest BCUT2D eigenvalue weighted by Crippen LogP contribution is 2.30. The highest BCUT2D eigenvalue weighted by molar-refractivity contribution is 6.02. The van der Waals surface area contributed by atoms with E-state index in [9.17, 15) is 14.4 Å². The first-order chi connectivity index (χ1) is 8.13. The lowest BCUT2D eigenvalue weighted by Gasteiger charge is -2.15. The number of nitrogens with zero attached hydrogens (tertiary/aromatic N) is 2. The van der Waals surface area contributed by atoms with Crippen LogP contribution < -0.4 is 0 Å². The van der Waals surface area contributed by atoms with Crippen molar-refractivity contribution >= 4 is 17.9 Å². The van der Waals surface area contributed by atoms with Crippen molar-refractivity contribution in [3.8, 4) is 0 Å². The van der Waals surface area contributed by atoms with Crippen LogP contribution >= 0.6 is 0 Å². The summed E-state index contributed by atoms with van der Waals surface area (Å²) in [6.45, 7) is 0.498. The third kappa shape index (κ3) is 2.57. The number of amides is 3. The Kier molecular flexibility index (Phi) is 3.31. The Morgan fingerprint density at radius 3 is 2.71 bits per heavy atom. The molecule has 1 saturated heterocycles. The van der Waals surface area contributed by atoms with Crippen molar-refractivity contribution in [3.05, 3.63) is 0 Å². The number of carbonyl (C=O) groups excluding carboxylic acids is 3. The highest BCUT2D eigenvalue weighted by Gasteiger charge is 2.43. The average molecular weight is 240 g/mol. The summed E-state index contributed by atoms with van der Waals surface area (Å²) in [6, 6.07) is 0.0550. The zero-order valence-corrected chi connectivity index (χ0v) is 9.85. The van der Waals surface area contributed by atoms with Gasteiger partial charge >= 0.3 is 12.0 Å². The van der Waals surface area contributed by atoms with Gasteiger partial charge in [-0.15, -0.1) is 0 Å². The van der Waals surface area contributed by atoms with E-state index < -0.39 is 0 Å². The van der Waals surface area contributed by atoms with Crippen molar-refractivity contribution in [3.63, 3.8) is 0 Å². The fraction of sp³-hybridized carbons (Fsp3) is 0.727. The molecule has 1 saturated carbocycles. The summed E-state index contributed by atoms with van der Waals surface area (Å²) in [7, 11) is 1.32. The molecular weight excluding hydrogens is 224 g/mol. The molecule has 94 valence electrons. The molecule has 1 heterocycles. The molecule has 2 aliphatic rings. The zero-order valence-electron chi connectivity index (χ0n) is 9.85. The Balaban J connectivity index is 1.81. The van der Waals surface area contributed by atoms with Gasteiger partial charge < -0.3 is 9.64 Å². The van der Waals surface area contributed by atoms with E-state index in [1.807, 2.05) is 0 Å². The van der Waals surface area contributed by atoms with Crippen LogP contribution in [0.4, 0.5) is 4.79 Å². The van der Waals surface area contributed by atoms with E-state index in [1.54, 1.807) is 4.90 Å². The molecule has 2 fully saturated rings. The van der Waals surface area contributed by atoms with Crippen LogP contribution in [0.25, 0.3) is 0 Å². The van der Waals surface area contributed by atoms with Crippen LogP contribution in [0, 0.1) is 0 Å². The molecular formula is C11H16N2O4. The first kappa shape index (κ1) is 11.9. The fourth-order valence-corrected chi connectivity index (χ4v) is 1.94. The summed E-state index contributed by atoms with van der Waals surface area (Å²) in [5.74, 6) is -0.477. The maximum atomic E-state index is 11.9. The lowest BCUT2D eigenvalue weighted by molar-refractivity contribution is -0.141. The van der Waals surface area contributed by atoms with Gasteiger partial charge in [0.2, 0.25) is 5.91 Å². The molecule has 17 heavy (non-hydrogen) atoms. The maximum Gasteiger partial charge on any atom is 0.327 e. The molecule has 0 bridgehead atoms. The number of carbonyl (C=O) groups is 3. The third-order valence-electron chi connectivity index (χ3n) is 3.06. The van der Waals surface area contributed by atoms with Gasteiger partial charge in [0, 0.05) is 19.0 Å². The predicted molar refractivity (Wildman–Crippen MR) is 58.1 cm³/mol. The first-order valence-corrected chi connectivity index (χ1v) is 5.81. The molecule has 2 rings (SSSR count). The first-order valence-electron chi connectivity index (χ1n) is 5.81. The monoisotopic (exact) mass is 240 g/mol. The van der Waals surface area contributed by atoms with E-state index in [2.05, 4.69) is 4.74 Å². The van der Waals surface area contributed by atoms with Gasteiger partial charge in [0.25, 0.3) is 0 Å². The van der Waals surface area contributed by atoms with E-state index in [4.69, 9.17) is 0 Å². The summed E-state index contributed by atoms with van der Waals surface area (Å²) >= 11 is 0. The lowest BCUT2D eigenvalue weighted by atomic mass is 10.3. The minimum absolute atomic E-state index is 0.160. The second kappa shape index (κ2) is 4.73. The molecule has 0 radical (unpaired) electrons. The fourth-order valence-electron chi connectivity index (χ4n) is 1.94. The van der Waals surface area contributed by atoms with E-state index in [-0.39, 0.29) is 36.9 Å². The predicted octanol–water partition coefficient (Wildman–Crippen LogP) is 0.366. The van der Waals surface area contributed by atoms with Gasteiger partial charge in [-0.2, -0.15) is 0 Å². The van der Waals surface area contributed by atoms with Gasteiger partial charge in [0.1, 0.15) is 6.54 Å². The minimum atomic E-state index is -0.317. The van der Waals surface area contributed by atoms with Crippen molar-refractivity contribution in [2.75, 3.05) is 20.2 Å². The van der Waals surface area contributed by atoms with Crippen LogP contribution in [0.5, 0.6) is 0 Å². The number of hydrogen-bond acceptors (Lipinski definition) is 4. The Labute approximate surface area is 99.5 Å². The summed E-state index contributed by atoms with van der Waals surface area (Å²) in [4.78, 5) is 37.3. The summed E-state index contributed by atoms with van der Waals surface area (Å²) < 4.78 is 4.50. The van der Waals surface area contributed by atoms with Crippen LogP contribution in [0.2, 0.25) is 0 Å². The van der Waals surface area contributed by atoms with Crippen molar-refractivity contribution < 1.29 is 19.1 Å². The number of ether oxygens (including phenoxy) is 1. The van der Waals surface area contributed by atoms with Crippen molar-refractivity contribution in [1.29, 1.82) is 0 Å². The van der Waals surface area contributed by atoms with Crippen molar-refractivity contribution in [2.24, 2.45) is 0 Å². The molecule has 0 aromatic rings. The molecule has 6 heteroatoms. The van der Waals surface area contributed by atoms with E-state index in [0.29, 0.717) is 13.0 Å². The van der Waals surface area contributed by atoms with Crippen LogP contribution in [-0.2, 0) is 14.3 Å². The molecule has 0 unspecified atom stereocenters. The standard InChI is InChI=1S/C11H16N2O4/c1-17-10(15)3-2-6-12-9(14)7-13(11(12)16)8-4-5-8/h8H,2-7H2,1H3. The van der Waals surface area contributed by atoms with E-state index >= 15 is 0 Å². The molecule has 6 nitrogen and oxygen atoms in total. The van der Waals surface area contributed by atoms with Crippen LogP contribution in [-0.4, -0.2) is 53.9 Å². The number of methoxy groups -OCH3 is 1. The molecule has 1 aliphatic heterocycles. The summed E-state index contributed by atoms with van der Waals surface area (Å²) in [5, 5.41) is 0. The van der Waals surface area contributed by atoms with Gasteiger partial charge in [-0.25, -0.2) is 4.79 Å². The van der Waals surface area contributed by atoms with Gasteiger partial charge in [-0.1, -0.05) is 0 Å². The molecule has 0 aromatic carbocycles. The summed E-state index contributed by atoms with van der Waals surface area (Å²) in [6.07, 6.45) is 2.68. The maximum absolute atomic E-state index is 11.9. The largest absolute Gasteiger partial charge is 0.469 e. The number of esters is 1. The topological polar surface area (TPSA) is 66.9 Å². The van der Waals surface area contributed by atoms with Gasteiger partial charge in [0.15, 0.2) is 0 Å². The quantitative estimate of drug-likeness (QED) is 0.514. The molecule has 1 aliphatic carbocycles.